The molecule has 1 aromatic carbocycles. The van der Waals surface area contributed by atoms with Crippen molar-refractivity contribution in [1.82, 2.24) is 4.90 Å². The van der Waals surface area contributed by atoms with Gasteiger partial charge >= 0.3 is 5.97 Å². The fourth-order valence-corrected chi connectivity index (χ4v) is 4.14. The average molecular weight is 403 g/mol. The Morgan fingerprint density at radius 3 is 2.52 bits per heavy atom. The predicted octanol–water partition coefficient (Wildman–Crippen LogP) is 3.75. The van der Waals surface area contributed by atoms with Crippen molar-refractivity contribution in [3.63, 3.8) is 0 Å². The van der Waals surface area contributed by atoms with Gasteiger partial charge in [0.2, 0.25) is 0 Å². The lowest BCUT2D eigenvalue weighted by molar-refractivity contribution is -0.147. The van der Waals surface area contributed by atoms with Gasteiger partial charge in [0.1, 0.15) is 0 Å². The minimum absolute atomic E-state index is 0.224. The molecule has 3 rings (SSSR count). The monoisotopic (exact) mass is 402 g/mol. The second-order valence-corrected chi connectivity index (χ2v) is 8.19. The van der Waals surface area contributed by atoms with Crippen LogP contribution in [0.15, 0.2) is 24.3 Å². The summed E-state index contributed by atoms with van der Waals surface area (Å²) in [5.74, 6) is 0.189. The van der Waals surface area contributed by atoms with Gasteiger partial charge in [0.15, 0.2) is 6.61 Å². The zero-order valence-electron chi connectivity index (χ0n) is 17.4. The van der Waals surface area contributed by atoms with Crippen LogP contribution in [0.5, 0.6) is 0 Å². The molecule has 6 nitrogen and oxygen atoms in total. The number of nitrogens with one attached hydrogen (secondary N) is 1. The fraction of sp³-hybridized carbons (Fsp3) is 0.652. The lowest BCUT2D eigenvalue weighted by Crippen LogP contribution is -2.35. The van der Waals surface area contributed by atoms with E-state index in [1.54, 1.807) is 0 Å². The van der Waals surface area contributed by atoms with Crippen molar-refractivity contribution in [3.05, 3.63) is 29.8 Å². The summed E-state index contributed by atoms with van der Waals surface area (Å²) in [6.07, 6.45) is 8.94. The van der Waals surface area contributed by atoms with E-state index in [-0.39, 0.29) is 18.5 Å². The summed E-state index contributed by atoms with van der Waals surface area (Å²) in [7, 11) is 0. The normalized spacial score (nSPS) is 18.3. The number of rotatable bonds is 9. The van der Waals surface area contributed by atoms with Gasteiger partial charge in [-0.2, -0.15) is 0 Å². The summed E-state index contributed by atoms with van der Waals surface area (Å²) in [4.78, 5) is 26.2. The molecule has 0 radical (unpaired) electrons. The smallest absolute Gasteiger partial charge is 0.306 e. The van der Waals surface area contributed by atoms with Crippen LogP contribution in [0.2, 0.25) is 0 Å². The van der Waals surface area contributed by atoms with Crippen LogP contribution >= 0.6 is 0 Å². The molecule has 6 heteroatoms. The number of hydrogen-bond donors (Lipinski definition) is 1. The Balaban J connectivity index is 1.29. The van der Waals surface area contributed by atoms with Crippen molar-refractivity contribution in [3.8, 4) is 0 Å². The van der Waals surface area contributed by atoms with Crippen LogP contribution in [-0.2, 0) is 25.6 Å². The largest absolute Gasteiger partial charge is 0.456 e. The Morgan fingerprint density at radius 1 is 1.07 bits per heavy atom. The van der Waals surface area contributed by atoms with Crippen LogP contribution in [-0.4, -0.2) is 49.7 Å². The number of nitrogens with zero attached hydrogens (tertiary/aromatic N) is 1. The Morgan fingerprint density at radius 2 is 1.79 bits per heavy atom. The van der Waals surface area contributed by atoms with Gasteiger partial charge in [-0.3, -0.25) is 14.5 Å². The maximum Gasteiger partial charge on any atom is 0.306 e. The van der Waals surface area contributed by atoms with E-state index in [0.717, 1.165) is 51.6 Å². The van der Waals surface area contributed by atoms with Crippen molar-refractivity contribution in [2.24, 2.45) is 5.92 Å². The zero-order valence-corrected chi connectivity index (χ0v) is 17.4. The molecule has 2 fully saturated rings. The van der Waals surface area contributed by atoms with E-state index in [1.165, 1.54) is 37.7 Å². The van der Waals surface area contributed by atoms with Crippen molar-refractivity contribution in [2.75, 3.05) is 38.2 Å². The fourth-order valence-electron chi connectivity index (χ4n) is 4.14. The van der Waals surface area contributed by atoms with Crippen LogP contribution in [0.1, 0.15) is 56.9 Å². The molecule has 2 aliphatic rings. The Kier molecular flexibility index (Phi) is 8.96. The molecule has 1 N–H and O–H groups in total. The number of benzene rings is 1. The number of hydrogen-bond acceptors (Lipinski definition) is 5. The summed E-state index contributed by atoms with van der Waals surface area (Å²) in [5, 5.41) is 2.79. The quantitative estimate of drug-likeness (QED) is 0.637. The molecule has 1 aliphatic heterocycles. The molecule has 0 aromatic heterocycles. The van der Waals surface area contributed by atoms with E-state index < -0.39 is 0 Å². The van der Waals surface area contributed by atoms with E-state index >= 15 is 0 Å². The number of anilines is 1. The molecule has 29 heavy (non-hydrogen) atoms. The third-order valence-corrected chi connectivity index (χ3v) is 5.83. The molecule has 0 unspecified atom stereocenters. The minimum Gasteiger partial charge on any atom is -0.456 e. The molecule has 1 aromatic rings. The molecule has 0 bridgehead atoms. The maximum atomic E-state index is 12.0. The summed E-state index contributed by atoms with van der Waals surface area (Å²) in [6, 6.07) is 7.81. The summed E-state index contributed by atoms with van der Waals surface area (Å²) in [6.45, 7) is 4.13. The van der Waals surface area contributed by atoms with E-state index in [2.05, 4.69) is 10.2 Å². The molecule has 1 aliphatic carbocycles. The minimum atomic E-state index is -0.299. The Hall–Kier alpha value is -1.92. The molecule has 1 saturated heterocycles. The van der Waals surface area contributed by atoms with Gasteiger partial charge in [-0.05, 0) is 36.5 Å². The lowest BCUT2D eigenvalue weighted by Gasteiger charge is -2.26. The first-order valence-corrected chi connectivity index (χ1v) is 11.0. The van der Waals surface area contributed by atoms with Crippen LogP contribution < -0.4 is 5.32 Å². The third-order valence-electron chi connectivity index (χ3n) is 5.83. The summed E-state index contributed by atoms with van der Waals surface area (Å²) in [5.41, 5.74) is 1.92. The Labute approximate surface area is 173 Å². The highest BCUT2D eigenvalue weighted by molar-refractivity contribution is 5.92. The molecule has 0 spiro atoms. The van der Waals surface area contributed by atoms with Gasteiger partial charge in [0, 0.05) is 31.7 Å². The SMILES string of the molecule is O=C(COC(=O)CCCC1CCCCC1)Nc1ccc(CN2CCOCC2)cc1. The number of ether oxygens (including phenoxy) is 2. The highest BCUT2D eigenvalue weighted by atomic mass is 16.5. The van der Waals surface area contributed by atoms with Gasteiger partial charge in [-0.25, -0.2) is 0 Å². The number of amides is 1. The van der Waals surface area contributed by atoms with Gasteiger partial charge in [-0.1, -0.05) is 44.2 Å². The first-order chi connectivity index (χ1) is 14.2. The van der Waals surface area contributed by atoms with Crippen LogP contribution in [0, 0.1) is 5.92 Å². The number of morpholine rings is 1. The first kappa shape index (κ1) is 21.8. The summed E-state index contributed by atoms with van der Waals surface area (Å²) >= 11 is 0. The standard InChI is InChI=1S/C23H34N2O4/c26-22(18-29-23(27)8-4-7-19-5-2-1-3-6-19)24-21-11-9-20(10-12-21)17-25-13-15-28-16-14-25/h9-12,19H,1-8,13-18H2,(H,24,26). The van der Waals surface area contributed by atoms with Gasteiger partial charge < -0.3 is 14.8 Å². The van der Waals surface area contributed by atoms with Crippen LogP contribution in [0.3, 0.4) is 0 Å². The second-order valence-electron chi connectivity index (χ2n) is 8.19. The van der Waals surface area contributed by atoms with E-state index in [4.69, 9.17) is 9.47 Å². The second kappa shape index (κ2) is 11.9. The molecule has 1 amide bonds. The van der Waals surface area contributed by atoms with Gasteiger partial charge in [-0.15, -0.1) is 0 Å². The van der Waals surface area contributed by atoms with Crippen LogP contribution in [0.4, 0.5) is 5.69 Å². The highest BCUT2D eigenvalue weighted by Crippen LogP contribution is 2.27. The van der Waals surface area contributed by atoms with E-state index in [0.29, 0.717) is 12.1 Å². The van der Waals surface area contributed by atoms with Crippen molar-refractivity contribution < 1.29 is 19.1 Å². The van der Waals surface area contributed by atoms with Crippen molar-refractivity contribution in [1.29, 1.82) is 0 Å². The Bertz CT molecular complexity index is 635. The molecular formula is C23H34N2O4. The number of carbonyl (C=O) groups is 2. The maximum absolute atomic E-state index is 12.0. The number of carbonyl (C=O) groups excluding carboxylic acids is 2. The van der Waals surface area contributed by atoms with E-state index in [9.17, 15) is 9.59 Å². The van der Waals surface area contributed by atoms with Crippen molar-refractivity contribution >= 4 is 17.6 Å². The topological polar surface area (TPSA) is 67.9 Å². The van der Waals surface area contributed by atoms with Crippen molar-refractivity contribution in [2.45, 2.75) is 57.9 Å². The number of esters is 1. The molecule has 0 atom stereocenters. The molecule has 160 valence electrons. The third kappa shape index (κ3) is 8.15. The first-order valence-electron chi connectivity index (χ1n) is 11.0. The van der Waals surface area contributed by atoms with Gasteiger partial charge in [0.05, 0.1) is 13.2 Å². The predicted molar refractivity (Wildman–Crippen MR) is 113 cm³/mol. The highest BCUT2D eigenvalue weighted by Gasteiger charge is 2.15. The van der Waals surface area contributed by atoms with E-state index in [1.807, 2.05) is 24.3 Å². The summed E-state index contributed by atoms with van der Waals surface area (Å²) < 4.78 is 10.5. The zero-order chi connectivity index (χ0) is 20.3. The molecule has 1 saturated carbocycles. The van der Waals surface area contributed by atoms with Gasteiger partial charge in [0.25, 0.3) is 5.91 Å². The molecule has 1 heterocycles. The van der Waals surface area contributed by atoms with Crippen LogP contribution in [0.25, 0.3) is 0 Å². The molecular weight excluding hydrogens is 368 g/mol. The lowest BCUT2D eigenvalue weighted by atomic mass is 9.86. The average Bonchev–Trinajstić information content (AvgIpc) is 2.75.